The van der Waals surface area contributed by atoms with Crippen LogP contribution < -0.4 is 0 Å². The third kappa shape index (κ3) is 4.38. The lowest BCUT2D eigenvalue weighted by Gasteiger charge is -2.55. The number of benzene rings is 1. The maximum atomic E-state index is 6.51. The second-order valence-electron chi connectivity index (χ2n) is 14.2. The van der Waals surface area contributed by atoms with Crippen molar-refractivity contribution in [2.45, 2.75) is 90.8 Å². The van der Waals surface area contributed by atoms with Gasteiger partial charge in [-0.2, -0.15) is 0 Å². The number of rotatable bonds is 4. The highest BCUT2D eigenvalue weighted by Gasteiger charge is 2.57. The molecule has 0 bridgehead atoms. The van der Waals surface area contributed by atoms with Crippen molar-refractivity contribution in [3.63, 3.8) is 0 Å². The predicted molar refractivity (Wildman–Crippen MR) is 150 cm³/mol. The van der Waals surface area contributed by atoms with Gasteiger partial charge in [-0.3, -0.25) is 0 Å². The fraction of sp³-hybridized carbons (Fsp3) is 0.706. The second kappa shape index (κ2) is 9.35. The van der Waals surface area contributed by atoms with E-state index in [1.165, 1.54) is 43.2 Å². The normalized spacial score (nSPS) is 38.1. The molecule has 1 heterocycles. The summed E-state index contributed by atoms with van der Waals surface area (Å²) in [4.78, 5) is 0. The van der Waals surface area contributed by atoms with Crippen molar-refractivity contribution in [2.24, 2.45) is 34.5 Å². The number of hydrogen-bond acceptors (Lipinski definition) is 3. The highest BCUT2D eigenvalue weighted by Crippen LogP contribution is 2.66. The molecule has 6 atom stereocenters. The third-order valence-electron chi connectivity index (χ3n) is 11.2. The Morgan fingerprint density at radius 3 is 2.41 bits per heavy atom. The van der Waals surface area contributed by atoms with Gasteiger partial charge in [0.25, 0.3) is 0 Å². The van der Waals surface area contributed by atoms with Crippen molar-refractivity contribution in [1.29, 1.82) is 0 Å². The molecule has 1 aromatic carbocycles. The molecule has 4 aliphatic carbocycles. The minimum absolute atomic E-state index is 0.123. The number of fused-ring (bicyclic) bond motifs is 4. The Morgan fingerprint density at radius 1 is 1.00 bits per heavy atom. The van der Waals surface area contributed by atoms with Crippen LogP contribution in [0.5, 0.6) is 0 Å². The lowest BCUT2D eigenvalue weighted by atomic mass is 9.51. The van der Waals surface area contributed by atoms with Crippen molar-refractivity contribution in [2.75, 3.05) is 26.9 Å². The SMILES string of the molecule is C=C(C)c1ccc([C@H]2C[C@]3(C)C(COC)CC[C@H]3[C@@H]3CC[C@H]4CC5(CCC4=C32)OCC(C)(C)CO5)cc1. The van der Waals surface area contributed by atoms with E-state index in [2.05, 4.69) is 58.5 Å². The van der Waals surface area contributed by atoms with Crippen molar-refractivity contribution in [1.82, 2.24) is 0 Å². The van der Waals surface area contributed by atoms with Crippen LogP contribution in [-0.4, -0.2) is 32.7 Å². The first-order chi connectivity index (χ1) is 17.6. The van der Waals surface area contributed by atoms with Crippen LogP contribution in [0.1, 0.15) is 96.1 Å². The Hall–Kier alpha value is -1.42. The van der Waals surface area contributed by atoms with E-state index in [9.17, 15) is 0 Å². The van der Waals surface area contributed by atoms with Crippen molar-refractivity contribution in [3.8, 4) is 0 Å². The summed E-state index contributed by atoms with van der Waals surface area (Å²) >= 11 is 0. The second-order valence-corrected chi connectivity index (χ2v) is 14.2. The molecular weight excluding hydrogens is 456 g/mol. The summed E-state index contributed by atoms with van der Waals surface area (Å²) < 4.78 is 18.8. The minimum atomic E-state index is -0.351. The van der Waals surface area contributed by atoms with E-state index in [-0.39, 0.29) is 11.2 Å². The van der Waals surface area contributed by atoms with Crippen LogP contribution in [0.2, 0.25) is 0 Å². The van der Waals surface area contributed by atoms with E-state index < -0.39 is 0 Å². The van der Waals surface area contributed by atoms with Crippen molar-refractivity contribution >= 4 is 5.57 Å². The number of allylic oxidation sites excluding steroid dienone is 3. The van der Waals surface area contributed by atoms with E-state index >= 15 is 0 Å². The third-order valence-corrected chi connectivity index (χ3v) is 11.2. The summed E-state index contributed by atoms with van der Waals surface area (Å²) in [6.45, 7) is 15.9. The summed E-state index contributed by atoms with van der Waals surface area (Å²) in [5.41, 5.74) is 7.99. The Labute approximate surface area is 225 Å². The molecule has 0 N–H and O–H groups in total. The molecule has 202 valence electrons. The molecule has 37 heavy (non-hydrogen) atoms. The average Bonchev–Trinajstić information content (AvgIpc) is 3.21. The number of methoxy groups -OCH3 is 1. The molecule has 3 heteroatoms. The molecule has 1 aliphatic heterocycles. The number of hydrogen-bond donors (Lipinski definition) is 0. The zero-order valence-electron chi connectivity index (χ0n) is 23.9. The summed E-state index contributed by atoms with van der Waals surface area (Å²) in [6.07, 6.45) is 9.76. The molecule has 1 unspecified atom stereocenters. The highest BCUT2D eigenvalue weighted by atomic mass is 16.7. The summed E-state index contributed by atoms with van der Waals surface area (Å²) in [7, 11) is 1.89. The highest BCUT2D eigenvalue weighted by molar-refractivity contribution is 5.61. The van der Waals surface area contributed by atoms with E-state index in [4.69, 9.17) is 14.2 Å². The molecule has 5 aliphatic rings. The quantitative estimate of drug-likeness (QED) is 0.387. The monoisotopic (exact) mass is 504 g/mol. The van der Waals surface area contributed by atoms with Crippen molar-refractivity contribution < 1.29 is 14.2 Å². The lowest BCUT2D eigenvalue weighted by Crippen LogP contribution is -2.52. The van der Waals surface area contributed by atoms with Crippen LogP contribution >= 0.6 is 0 Å². The van der Waals surface area contributed by atoms with Crippen LogP contribution in [-0.2, 0) is 14.2 Å². The van der Waals surface area contributed by atoms with Gasteiger partial charge in [0, 0.05) is 37.9 Å². The summed E-state index contributed by atoms with van der Waals surface area (Å²) in [6, 6.07) is 9.42. The molecule has 0 aromatic heterocycles. The van der Waals surface area contributed by atoms with Gasteiger partial charge >= 0.3 is 0 Å². The Morgan fingerprint density at radius 2 is 1.73 bits per heavy atom. The van der Waals surface area contributed by atoms with Gasteiger partial charge in [0.05, 0.1) is 13.2 Å². The molecule has 4 fully saturated rings. The van der Waals surface area contributed by atoms with Gasteiger partial charge in [-0.15, -0.1) is 0 Å². The van der Waals surface area contributed by atoms with Gasteiger partial charge in [-0.05, 0) is 85.7 Å². The topological polar surface area (TPSA) is 27.7 Å². The fourth-order valence-corrected chi connectivity index (χ4v) is 9.10. The van der Waals surface area contributed by atoms with Gasteiger partial charge in [-0.1, -0.05) is 68.3 Å². The smallest absolute Gasteiger partial charge is 0.169 e. The van der Waals surface area contributed by atoms with Crippen molar-refractivity contribution in [3.05, 3.63) is 53.1 Å². The Balaban J connectivity index is 1.37. The maximum absolute atomic E-state index is 6.51. The molecule has 0 amide bonds. The van der Waals surface area contributed by atoms with Gasteiger partial charge in [-0.25, -0.2) is 0 Å². The molecule has 3 nitrogen and oxygen atoms in total. The Bertz CT molecular complexity index is 1060. The molecule has 1 aromatic rings. The molecule has 1 saturated heterocycles. The van der Waals surface area contributed by atoms with E-state index in [0.717, 1.165) is 56.5 Å². The van der Waals surface area contributed by atoms with Gasteiger partial charge < -0.3 is 14.2 Å². The summed E-state index contributed by atoms with van der Waals surface area (Å²) in [5, 5.41) is 0. The maximum Gasteiger partial charge on any atom is 0.169 e. The van der Waals surface area contributed by atoms with Gasteiger partial charge in [0.15, 0.2) is 5.79 Å². The first-order valence-electron chi connectivity index (χ1n) is 14.9. The molecule has 0 radical (unpaired) electrons. The van der Waals surface area contributed by atoms with Gasteiger partial charge in [0.2, 0.25) is 0 Å². The number of ether oxygens (including phenoxy) is 3. The van der Waals surface area contributed by atoms with Crippen LogP contribution in [0.15, 0.2) is 42.0 Å². The zero-order chi connectivity index (χ0) is 26.0. The van der Waals surface area contributed by atoms with Gasteiger partial charge in [0.1, 0.15) is 0 Å². The minimum Gasteiger partial charge on any atom is -0.384 e. The standard InChI is InChI=1S/C34H48O3/c1-22(2)23-7-9-24(10-8-23)29-18-33(5)26(19-35-6)12-14-30(33)28-13-11-25-17-34(16-15-27(25)31(28)29)36-20-32(3,4)21-37-34/h7-10,25-26,28-30H,1,11-21H2,2-6H3/t25-,26?,28-,29+,30-,33+/m0/s1. The first-order valence-corrected chi connectivity index (χ1v) is 14.9. The zero-order valence-corrected chi connectivity index (χ0v) is 23.9. The Kier molecular flexibility index (Phi) is 6.53. The molecule has 6 rings (SSSR count). The molecular formula is C34H48O3. The van der Waals surface area contributed by atoms with Crippen LogP contribution in [0.25, 0.3) is 5.57 Å². The van der Waals surface area contributed by atoms with E-state index in [1.807, 2.05) is 12.7 Å². The molecule has 3 saturated carbocycles. The van der Waals surface area contributed by atoms with Crippen LogP contribution in [0, 0.1) is 34.5 Å². The van der Waals surface area contributed by atoms with Crippen LogP contribution in [0.4, 0.5) is 0 Å². The van der Waals surface area contributed by atoms with Crippen LogP contribution in [0.3, 0.4) is 0 Å². The summed E-state index contributed by atoms with van der Waals surface area (Å²) in [5.74, 6) is 2.96. The lowest BCUT2D eigenvalue weighted by molar-refractivity contribution is -0.312. The predicted octanol–water partition coefficient (Wildman–Crippen LogP) is 8.16. The first kappa shape index (κ1) is 25.8. The van der Waals surface area contributed by atoms with E-state index in [1.54, 1.807) is 5.57 Å². The average molecular weight is 505 g/mol. The molecule has 1 spiro atoms. The largest absolute Gasteiger partial charge is 0.384 e. The van der Waals surface area contributed by atoms with E-state index in [0.29, 0.717) is 23.2 Å². The fourth-order valence-electron chi connectivity index (χ4n) is 9.10.